The normalized spacial score (nSPS) is 6.67. The third-order valence-electron chi connectivity index (χ3n) is 0.289. The fraction of sp³-hybridized carbons (Fsp3) is 0. The van der Waals surface area contributed by atoms with E-state index in [0.717, 1.165) is 0 Å². The van der Waals surface area contributed by atoms with Gasteiger partial charge < -0.3 is 20.3 Å². The average molecular weight is 179 g/mol. The average Bonchev–Trinajstić information content (AvgIpc) is 1.87. The van der Waals surface area contributed by atoms with E-state index in [9.17, 15) is 14.4 Å². The summed E-state index contributed by atoms with van der Waals surface area (Å²) in [6, 6.07) is 0. The molecule has 0 unspecified atom stereocenters. The van der Waals surface area contributed by atoms with Gasteiger partial charge in [0.2, 0.25) is 0 Å². The van der Waals surface area contributed by atoms with E-state index < -0.39 is 12.2 Å². The lowest BCUT2D eigenvalue weighted by molar-refractivity contribution is -0.131. The summed E-state index contributed by atoms with van der Waals surface area (Å²) in [4.78, 5) is 37.0. The Balaban J connectivity index is 0. The third kappa shape index (κ3) is 24.8. The van der Waals surface area contributed by atoms with Crippen molar-refractivity contribution in [2.75, 3.05) is 0 Å². The summed E-state index contributed by atoms with van der Waals surface area (Å²) >= 11 is 0. The molecule has 0 aliphatic carbocycles. The van der Waals surface area contributed by atoms with Crippen LogP contribution >= 0.6 is 0 Å². The lowest BCUT2D eigenvalue weighted by atomic mass is 11.3. The molecule has 68 valence electrons. The van der Waals surface area contributed by atoms with Crippen molar-refractivity contribution >= 4 is 25.2 Å². The van der Waals surface area contributed by atoms with Gasteiger partial charge in [0.05, 0.1) is 0 Å². The number of carbonyl (C=O) groups is 4. The standard InChI is InChI=1S/C3H2O5.CH3NO2/c4-1-7-3(6)8-2-5;2-1(3)4/h1-2H;2H2,(H,3,4). The number of ether oxygens (including phenoxy) is 2. The highest BCUT2D eigenvalue weighted by Gasteiger charge is 1.97. The van der Waals surface area contributed by atoms with Gasteiger partial charge in [0.15, 0.2) is 0 Å². The molecule has 8 nitrogen and oxygen atoms in total. The van der Waals surface area contributed by atoms with Crippen molar-refractivity contribution in [1.82, 2.24) is 0 Å². The van der Waals surface area contributed by atoms with E-state index in [4.69, 9.17) is 9.90 Å². The maximum Gasteiger partial charge on any atom is 0.523 e. The smallest absolute Gasteiger partial charge is 0.465 e. The predicted molar refractivity (Wildman–Crippen MR) is 31.9 cm³/mol. The molecule has 0 fully saturated rings. The molecule has 0 saturated heterocycles. The highest BCUT2D eigenvalue weighted by molar-refractivity contribution is 5.75. The van der Waals surface area contributed by atoms with E-state index >= 15 is 0 Å². The summed E-state index contributed by atoms with van der Waals surface area (Å²) in [7, 11) is 0. The van der Waals surface area contributed by atoms with Gasteiger partial charge in [0.25, 0.3) is 0 Å². The fourth-order valence-corrected chi connectivity index (χ4v) is 0.106. The minimum Gasteiger partial charge on any atom is -0.465 e. The number of hydrogen-bond acceptors (Lipinski definition) is 6. The lowest BCUT2D eigenvalue weighted by Crippen LogP contribution is -2.03. The zero-order valence-electron chi connectivity index (χ0n) is 5.63. The van der Waals surface area contributed by atoms with Gasteiger partial charge in [-0.3, -0.25) is 9.59 Å². The lowest BCUT2D eigenvalue weighted by Gasteiger charge is -1.86. The molecule has 3 N–H and O–H groups in total. The van der Waals surface area contributed by atoms with Gasteiger partial charge >= 0.3 is 25.2 Å². The van der Waals surface area contributed by atoms with Gasteiger partial charge in [-0.25, -0.2) is 9.59 Å². The minimum atomic E-state index is -1.33. The molecule has 0 aromatic rings. The molecule has 12 heavy (non-hydrogen) atoms. The number of carbonyl (C=O) groups excluding carboxylic acids is 3. The Morgan fingerprint density at radius 3 is 1.58 bits per heavy atom. The third-order valence-corrected chi connectivity index (χ3v) is 0.289. The predicted octanol–water partition coefficient (Wildman–Crippen LogP) is -0.925. The van der Waals surface area contributed by atoms with Crippen LogP contribution in [-0.4, -0.2) is 30.3 Å². The molecular formula is C4H5NO7. The quantitative estimate of drug-likeness (QED) is 0.318. The molecule has 0 rings (SSSR count). The second-order valence-electron chi connectivity index (χ2n) is 1.02. The van der Waals surface area contributed by atoms with E-state index in [0.29, 0.717) is 0 Å². The molecule has 1 amide bonds. The van der Waals surface area contributed by atoms with Crippen molar-refractivity contribution in [3.63, 3.8) is 0 Å². The molecule has 0 aliphatic rings. The van der Waals surface area contributed by atoms with Crippen LogP contribution < -0.4 is 5.73 Å². The molecule has 0 radical (unpaired) electrons. The highest BCUT2D eigenvalue weighted by atomic mass is 16.7. The molecular weight excluding hydrogens is 174 g/mol. The van der Waals surface area contributed by atoms with Crippen molar-refractivity contribution in [2.24, 2.45) is 5.73 Å². The highest BCUT2D eigenvalue weighted by Crippen LogP contribution is 1.74. The first kappa shape index (κ1) is 12.5. The molecule has 0 aliphatic heterocycles. The second kappa shape index (κ2) is 8.88. The second-order valence-corrected chi connectivity index (χ2v) is 1.02. The maximum atomic E-state index is 9.74. The molecule has 0 bridgehead atoms. The molecule has 0 atom stereocenters. The van der Waals surface area contributed by atoms with Crippen LogP contribution in [0.1, 0.15) is 0 Å². The van der Waals surface area contributed by atoms with Crippen LogP contribution in [-0.2, 0) is 19.1 Å². The van der Waals surface area contributed by atoms with Crippen molar-refractivity contribution in [3.8, 4) is 0 Å². The number of amides is 1. The molecule has 0 aromatic carbocycles. The molecule has 0 aromatic heterocycles. The molecule has 8 heteroatoms. The van der Waals surface area contributed by atoms with Crippen molar-refractivity contribution in [3.05, 3.63) is 0 Å². The van der Waals surface area contributed by atoms with Crippen LogP contribution in [0.15, 0.2) is 0 Å². The summed E-state index contributed by atoms with van der Waals surface area (Å²) in [6.45, 7) is -0.266. The maximum absolute atomic E-state index is 9.74. The number of carboxylic acid groups (broad SMARTS) is 1. The largest absolute Gasteiger partial charge is 0.523 e. The van der Waals surface area contributed by atoms with Gasteiger partial charge in [0.1, 0.15) is 0 Å². The van der Waals surface area contributed by atoms with Crippen LogP contribution in [0.4, 0.5) is 9.59 Å². The van der Waals surface area contributed by atoms with Gasteiger partial charge in [-0.1, -0.05) is 0 Å². The molecule has 0 heterocycles. The van der Waals surface area contributed by atoms with Crippen LogP contribution in [0.5, 0.6) is 0 Å². The van der Waals surface area contributed by atoms with E-state index in [1.165, 1.54) is 0 Å². The SMILES string of the molecule is NC(=O)O.O=COC(=O)OC=O. The van der Waals surface area contributed by atoms with Crippen LogP contribution in [0.25, 0.3) is 0 Å². The summed E-state index contributed by atoms with van der Waals surface area (Å²) in [5, 5.41) is 7.19. The summed E-state index contributed by atoms with van der Waals surface area (Å²) in [5.74, 6) is 0. The zero-order valence-corrected chi connectivity index (χ0v) is 5.63. The Morgan fingerprint density at radius 1 is 1.17 bits per heavy atom. The van der Waals surface area contributed by atoms with Crippen LogP contribution in [0.2, 0.25) is 0 Å². The first-order valence-electron chi connectivity index (χ1n) is 2.27. The first-order valence-corrected chi connectivity index (χ1v) is 2.27. The monoisotopic (exact) mass is 179 g/mol. The topological polar surface area (TPSA) is 133 Å². The Bertz CT molecular complexity index is 160. The van der Waals surface area contributed by atoms with Gasteiger partial charge in [-0.15, -0.1) is 0 Å². The number of rotatable bonds is 2. The van der Waals surface area contributed by atoms with E-state index in [1.807, 2.05) is 0 Å². The van der Waals surface area contributed by atoms with Crippen molar-refractivity contribution < 1.29 is 33.8 Å². The van der Waals surface area contributed by atoms with E-state index in [1.54, 1.807) is 0 Å². The zero-order chi connectivity index (χ0) is 9.98. The minimum absolute atomic E-state index is 0.133. The van der Waals surface area contributed by atoms with E-state index in [-0.39, 0.29) is 12.9 Å². The number of hydrogen-bond donors (Lipinski definition) is 2. The van der Waals surface area contributed by atoms with E-state index in [2.05, 4.69) is 15.2 Å². The van der Waals surface area contributed by atoms with Gasteiger partial charge in [0, 0.05) is 0 Å². The van der Waals surface area contributed by atoms with Gasteiger partial charge in [-0.05, 0) is 0 Å². The van der Waals surface area contributed by atoms with Crippen LogP contribution in [0, 0.1) is 0 Å². The van der Waals surface area contributed by atoms with Crippen molar-refractivity contribution in [1.29, 1.82) is 0 Å². The van der Waals surface area contributed by atoms with Crippen molar-refractivity contribution in [2.45, 2.75) is 0 Å². The Morgan fingerprint density at radius 2 is 1.42 bits per heavy atom. The van der Waals surface area contributed by atoms with Crippen LogP contribution in [0.3, 0.4) is 0 Å². The fourth-order valence-electron chi connectivity index (χ4n) is 0.106. The molecule has 0 saturated carbocycles. The summed E-state index contributed by atoms with van der Waals surface area (Å²) < 4.78 is 7.02. The Labute approximate surface area is 65.8 Å². The number of nitrogens with two attached hydrogens (primary N) is 1. The van der Waals surface area contributed by atoms with Gasteiger partial charge in [-0.2, -0.15) is 0 Å². The number of primary amides is 1. The first-order chi connectivity index (χ1) is 5.54. The summed E-state index contributed by atoms with van der Waals surface area (Å²) in [5.41, 5.74) is 4.03. The molecule has 0 spiro atoms. The Hall–Kier alpha value is -2.12. The Kier molecular flexibility index (Phi) is 9.28. The summed E-state index contributed by atoms with van der Waals surface area (Å²) in [6.07, 6.45) is -2.66.